The van der Waals surface area contributed by atoms with E-state index in [1.807, 2.05) is 13.8 Å². The Morgan fingerprint density at radius 1 is 0.806 bits per heavy atom. The maximum Gasteiger partial charge on any atom is 0.300 e. The van der Waals surface area contributed by atoms with Crippen molar-refractivity contribution in [2.24, 2.45) is 22.2 Å². The molecule has 4 amide bonds. The van der Waals surface area contributed by atoms with E-state index in [-0.39, 0.29) is 11.9 Å². The van der Waals surface area contributed by atoms with Crippen molar-refractivity contribution in [2.45, 2.75) is 104 Å². The minimum Gasteiger partial charge on any atom is -0.481 e. The number of carboxylic acid groups (broad SMARTS) is 1. The molecule has 0 heterocycles. The Balaban J connectivity index is 0. The summed E-state index contributed by atoms with van der Waals surface area (Å²) >= 11 is 0. The maximum absolute atomic E-state index is 12.8. The summed E-state index contributed by atoms with van der Waals surface area (Å²) in [5, 5.41) is 15.3. The summed E-state index contributed by atoms with van der Waals surface area (Å²) in [4.78, 5) is 61.9. The fraction of sp³-hybridized carbons (Fsp3) is 0.739. The minimum atomic E-state index is -0.914. The molecule has 10 N–H and O–H groups in total. The van der Waals surface area contributed by atoms with Gasteiger partial charge in [0.25, 0.3) is 5.97 Å². The molecule has 13 heteroatoms. The van der Waals surface area contributed by atoms with Crippen LogP contribution in [-0.2, 0) is 24.0 Å². The SMILES string of the molecule is CC(=O)O.CCCCCC(=O)NC(CCCN=C(N)N)C(=O)NC(C)C(=O)NC(CCCC)C(N)=O. The quantitative estimate of drug-likeness (QED) is 0.0780. The molecular formula is C23H45N7O6. The lowest BCUT2D eigenvalue weighted by Crippen LogP contribution is -2.55. The summed E-state index contributed by atoms with van der Waals surface area (Å²) in [6, 6.07) is -2.54. The molecular weight excluding hydrogens is 470 g/mol. The lowest BCUT2D eigenvalue weighted by molar-refractivity contribution is -0.134. The molecule has 0 fully saturated rings. The van der Waals surface area contributed by atoms with Crippen LogP contribution in [0.25, 0.3) is 0 Å². The van der Waals surface area contributed by atoms with Gasteiger partial charge in [0, 0.05) is 19.9 Å². The van der Waals surface area contributed by atoms with Crippen LogP contribution in [-0.4, -0.2) is 65.3 Å². The number of amides is 4. The number of hydrogen-bond acceptors (Lipinski definition) is 6. The number of nitrogens with two attached hydrogens (primary N) is 3. The van der Waals surface area contributed by atoms with Crippen LogP contribution in [0.1, 0.15) is 85.5 Å². The number of primary amides is 1. The largest absolute Gasteiger partial charge is 0.481 e. The summed E-state index contributed by atoms with van der Waals surface area (Å²) in [6.45, 7) is 6.90. The number of hydrogen-bond donors (Lipinski definition) is 7. The van der Waals surface area contributed by atoms with E-state index in [1.54, 1.807) is 0 Å². The van der Waals surface area contributed by atoms with E-state index < -0.39 is 41.8 Å². The van der Waals surface area contributed by atoms with E-state index in [4.69, 9.17) is 27.1 Å². The van der Waals surface area contributed by atoms with Crippen molar-refractivity contribution in [1.29, 1.82) is 0 Å². The molecule has 0 aliphatic heterocycles. The Hall–Kier alpha value is -3.38. The number of carbonyl (C=O) groups is 5. The van der Waals surface area contributed by atoms with Gasteiger partial charge in [-0.25, -0.2) is 0 Å². The summed E-state index contributed by atoms with van der Waals surface area (Å²) in [5.74, 6) is -2.75. The molecule has 0 rings (SSSR count). The van der Waals surface area contributed by atoms with E-state index in [9.17, 15) is 19.2 Å². The molecule has 3 unspecified atom stereocenters. The van der Waals surface area contributed by atoms with E-state index in [0.717, 1.165) is 39.0 Å². The Morgan fingerprint density at radius 2 is 1.36 bits per heavy atom. The van der Waals surface area contributed by atoms with Gasteiger partial charge in [0.2, 0.25) is 23.6 Å². The molecule has 0 saturated heterocycles. The van der Waals surface area contributed by atoms with Crippen molar-refractivity contribution in [3.05, 3.63) is 0 Å². The standard InChI is InChI=1S/C21H41N7O4.C2H4O2/c1-4-6-8-12-17(29)27-16(11-9-13-25-21(23)24)20(32)26-14(3)19(31)28-15(18(22)30)10-7-5-2;1-2(3)4/h14-16H,4-13H2,1-3H3,(H2,22,30)(H,26,32)(H,27,29)(H,28,31)(H4,23,24,25);1H3,(H,3,4). The molecule has 0 aliphatic carbocycles. The van der Waals surface area contributed by atoms with Gasteiger partial charge >= 0.3 is 0 Å². The molecule has 208 valence electrons. The van der Waals surface area contributed by atoms with Gasteiger partial charge in [0.05, 0.1) is 0 Å². The highest BCUT2D eigenvalue weighted by molar-refractivity contribution is 5.93. The predicted octanol–water partition coefficient (Wildman–Crippen LogP) is -0.139. The van der Waals surface area contributed by atoms with Crippen LogP contribution in [0.15, 0.2) is 4.99 Å². The Morgan fingerprint density at radius 3 is 1.86 bits per heavy atom. The molecule has 3 atom stereocenters. The monoisotopic (exact) mass is 515 g/mol. The van der Waals surface area contributed by atoms with Gasteiger partial charge in [-0.3, -0.25) is 29.0 Å². The van der Waals surface area contributed by atoms with Crippen LogP contribution in [0.3, 0.4) is 0 Å². The van der Waals surface area contributed by atoms with E-state index >= 15 is 0 Å². The average Bonchev–Trinajstić information content (AvgIpc) is 2.77. The lowest BCUT2D eigenvalue weighted by Gasteiger charge is -2.22. The molecule has 0 aliphatic rings. The van der Waals surface area contributed by atoms with Gasteiger partial charge in [-0.05, 0) is 32.6 Å². The molecule has 0 spiro atoms. The highest BCUT2D eigenvalue weighted by Crippen LogP contribution is 2.04. The number of aliphatic imine (C=N–C) groups is 1. The van der Waals surface area contributed by atoms with Crippen molar-refractivity contribution < 1.29 is 29.1 Å². The van der Waals surface area contributed by atoms with E-state index in [1.165, 1.54) is 6.92 Å². The minimum absolute atomic E-state index is 0.0491. The van der Waals surface area contributed by atoms with Gasteiger partial charge < -0.3 is 38.3 Å². The topological polar surface area (TPSA) is 232 Å². The Kier molecular flexibility index (Phi) is 20.2. The van der Waals surface area contributed by atoms with Crippen LogP contribution in [0.2, 0.25) is 0 Å². The molecule has 0 radical (unpaired) electrons. The second-order valence-corrected chi connectivity index (χ2v) is 8.38. The van der Waals surface area contributed by atoms with E-state index in [0.29, 0.717) is 32.2 Å². The van der Waals surface area contributed by atoms with Crippen molar-refractivity contribution in [1.82, 2.24) is 16.0 Å². The number of rotatable bonds is 17. The van der Waals surface area contributed by atoms with Crippen molar-refractivity contribution in [3.8, 4) is 0 Å². The Labute approximate surface area is 213 Å². The summed E-state index contributed by atoms with van der Waals surface area (Å²) < 4.78 is 0. The number of aliphatic carboxylic acids is 1. The zero-order valence-electron chi connectivity index (χ0n) is 22.0. The molecule has 0 saturated carbocycles. The first kappa shape index (κ1) is 34.8. The van der Waals surface area contributed by atoms with Crippen LogP contribution >= 0.6 is 0 Å². The number of guanidine groups is 1. The normalized spacial score (nSPS) is 12.6. The van der Waals surface area contributed by atoms with Crippen molar-refractivity contribution in [2.75, 3.05) is 6.54 Å². The van der Waals surface area contributed by atoms with Gasteiger partial charge in [0.15, 0.2) is 5.96 Å². The first-order chi connectivity index (χ1) is 16.8. The molecule has 0 aromatic rings. The third kappa shape index (κ3) is 20.0. The molecule has 0 aromatic heterocycles. The van der Waals surface area contributed by atoms with Crippen molar-refractivity contribution in [3.63, 3.8) is 0 Å². The first-order valence-corrected chi connectivity index (χ1v) is 12.3. The number of nitrogens with zero attached hydrogens (tertiary/aromatic N) is 1. The van der Waals surface area contributed by atoms with Gasteiger partial charge in [-0.2, -0.15) is 0 Å². The fourth-order valence-electron chi connectivity index (χ4n) is 2.94. The zero-order valence-corrected chi connectivity index (χ0v) is 22.0. The Bertz CT molecular complexity index is 722. The average molecular weight is 516 g/mol. The summed E-state index contributed by atoms with van der Waals surface area (Å²) in [6.07, 6.45) is 5.73. The van der Waals surface area contributed by atoms with Crippen LogP contribution in [0, 0.1) is 0 Å². The molecule has 0 bridgehead atoms. The number of carboxylic acids is 1. The zero-order chi connectivity index (χ0) is 28.1. The second kappa shape index (κ2) is 20.9. The van der Waals surface area contributed by atoms with Crippen molar-refractivity contribution >= 4 is 35.6 Å². The number of nitrogens with one attached hydrogen (secondary N) is 3. The highest BCUT2D eigenvalue weighted by atomic mass is 16.4. The number of unbranched alkanes of at least 4 members (excludes halogenated alkanes) is 3. The molecule has 36 heavy (non-hydrogen) atoms. The second-order valence-electron chi connectivity index (χ2n) is 8.38. The van der Waals surface area contributed by atoms with Crippen LogP contribution in [0.5, 0.6) is 0 Å². The predicted molar refractivity (Wildman–Crippen MR) is 138 cm³/mol. The summed E-state index contributed by atoms with van der Waals surface area (Å²) in [7, 11) is 0. The van der Waals surface area contributed by atoms with Crippen LogP contribution in [0.4, 0.5) is 0 Å². The number of carbonyl (C=O) groups excluding carboxylic acids is 4. The third-order valence-electron chi connectivity index (χ3n) is 4.86. The molecule has 13 nitrogen and oxygen atoms in total. The lowest BCUT2D eigenvalue weighted by atomic mass is 10.1. The van der Waals surface area contributed by atoms with E-state index in [2.05, 4.69) is 20.9 Å². The molecule has 0 aromatic carbocycles. The summed E-state index contributed by atoms with van der Waals surface area (Å²) in [5.41, 5.74) is 16.0. The van der Waals surface area contributed by atoms with Gasteiger partial charge in [0.1, 0.15) is 18.1 Å². The van der Waals surface area contributed by atoms with Gasteiger partial charge in [-0.15, -0.1) is 0 Å². The first-order valence-electron chi connectivity index (χ1n) is 12.3. The third-order valence-corrected chi connectivity index (χ3v) is 4.86. The highest BCUT2D eigenvalue weighted by Gasteiger charge is 2.26. The smallest absolute Gasteiger partial charge is 0.300 e. The fourth-order valence-corrected chi connectivity index (χ4v) is 2.94. The van der Waals surface area contributed by atoms with Gasteiger partial charge in [-0.1, -0.05) is 39.5 Å². The van der Waals surface area contributed by atoms with Crippen LogP contribution < -0.4 is 33.2 Å². The maximum atomic E-state index is 12.8.